The van der Waals surface area contributed by atoms with Crippen LogP contribution in [0.25, 0.3) is 11.1 Å². The summed E-state index contributed by atoms with van der Waals surface area (Å²) in [4.78, 5) is 5.70. The van der Waals surface area contributed by atoms with E-state index >= 15 is 0 Å². The quantitative estimate of drug-likeness (QED) is 0.651. The highest BCUT2D eigenvalue weighted by Crippen LogP contribution is 2.32. The summed E-state index contributed by atoms with van der Waals surface area (Å²) in [5.41, 5.74) is 6.26. The van der Waals surface area contributed by atoms with Crippen molar-refractivity contribution in [3.8, 4) is 11.1 Å². The molecule has 5 heteroatoms. The SMILES string of the molecule is Cc1cc(C)n(C[C@H]2CC(c3ccccc3-c3ccccc3Cl)=NO2)n1. The van der Waals surface area contributed by atoms with Crippen molar-refractivity contribution in [2.45, 2.75) is 32.9 Å². The molecular formula is C21H20ClN3O. The standard InChI is InChI=1S/C21H20ClN3O/c1-14-11-15(2)25(23-14)13-16-12-21(24-26-16)19-9-4-3-7-17(19)18-8-5-6-10-20(18)22/h3-11,16H,12-13H2,1-2H3/t16-/m1/s1. The topological polar surface area (TPSA) is 39.4 Å². The van der Waals surface area contributed by atoms with Gasteiger partial charge in [0, 0.05) is 28.3 Å². The molecule has 0 amide bonds. The van der Waals surface area contributed by atoms with E-state index in [1.807, 2.05) is 48.0 Å². The van der Waals surface area contributed by atoms with Gasteiger partial charge in [0.25, 0.3) is 0 Å². The Morgan fingerprint density at radius 3 is 2.42 bits per heavy atom. The Bertz CT molecular complexity index is 977. The van der Waals surface area contributed by atoms with E-state index in [2.05, 4.69) is 35.4 Å². The molecule has 0 spiro atoms. The third-order valence-corrected chi connectivity index (χ3v) is 4.94. The highest BCUT2D eigenvalue weighted by molar-refractivity contribution is 6.33. The molecule has 0 fully saturated rings. The molecule has 0 aliphatic carbocycles. The predicted octanol–water partition coefficient (Wildman–Crippen LogP) is 5.01. The Morgan fingerprint density at radius 2 is 1.73 bits per heavy atom. The number of halogens is 1. The Morgan fingerprint density at radius 1 is 1.04 bits per heavy atom. The van der Waals surface area contributed by atoms with Crippen LogP contribution in [0.4, 0.5) is 0 Å². The number of nitrogens with zero attached hydrogens (tertiary/aromatic N) is 3. The molecule has 2 heterocycles. The van der Waals surface area contributed by atoms with Crippen molar-refractivity contribution < 1.29 is 4.84 Å². The summed E-state index contributed by atoms with van der Waals surface area (Å²) in [5, 5.41) is 9.62. The fourth-order valence-electron chi connectivity index (χ4n) is 3.39. The summed E-state index contributed by atoms with van der Waals surface area (Å²) in [5.74, 6) is 0. The van der Waals surface area contributed by atoms with E-state index in [9.17, 15) is 0 Å². The lowest BCUT2D eigenvalue weighted by Gasteiger charge is -2.11. The van der Waals surface area contributed by atoms with Crippen molar-refractivity contribution >= 4 is 17.3 Å². The van der Waals surface area contributed by atoms with Gasteiger partial charge in [0.2, 0.25) is 0 Å². The molecule has 132 valence electrons. The lowest BCUT2D eigenvalue weighted by molar-refractivity contribution is 0.0692. The second-order valence-corrected chi connectivity index (χ2v) is 7.01. The maximum atomic E-state index is 6.41. The molecule has 3 aromatic rings. The van der Waals surface area contributed by atoms with Crippen LogP contribution >= 0.6 is 11.6 Å². The smallest absolute Gasteiger partial charge is 0.152 e. The van der Waals surface area contributed by atoms with E-state index in [1.165, 1.54) is 0 Å². The van der Waals surface area contributed by atoms with Gasteiger partial charge in [-0.05, 0) is 31.5 Å². The molecule has 1 aromatic heterocycles. The van der Waals surface area contributed by atoms with Crippen molar-refractivity contribution in [2.24, 2.45) is 5.16 Å². The largest absolute Gasteiger partial charge is 0.390 e. The molecule has 0 N–H and O–H groups in total. The normalized spacial score (nSPS) is 16.4. The average Bonchev–Trinajstić information content (AvgIpc) is 3.22. The minimum Gasteiger partial charge on any atom is -0.390 e. The van der Waals surface area contributed by atoms with Crippen LogP contribution in [-0.4, -0.2) is 21.6 Å². The van der Waals surface area contributed by atoms with E-state index in [1.54, 1.807) is 0 Å². The minimum absolute atomic E-state index is 0.0118. The summed E-state index contributed by atoms with van der Waals surface area (Å²) in [7, 11) is 0. The first-order valence-electron chi connectivity index (χ1n) is 8.70. The zero-order chi connectivity index (χ0) is 18.1. The van der Waals surface area contributed by atoms with Gasteiger partial charge >= 0.3 is 0 Å². The predicted molar refractivity (Wildman–Crippen MR) is 105 cm³/mol. The molecule has 2 aromatic carbocycles. The molecule has 1 aliphatic heterocycles. The average molecular weight is 366 g/mol. The Labute approximate surface area is 158 Å². The van der Waals surface area contributed by atoms with Crippen LogP contribution in [0.15, 0.2) is 59.8 Å². The number of rotatable bonds is 4. The zero-order valence-electron chi connectivity index (χ0n) is 14.8. The summed E-state index contributed by atoms with van der Waals surface area (Å²) >= 11 is 6.41. The number of hydrogen-bond donors (Lipinski definition) is 0. The zero-order valence-corrected chi connectivity index (χ0v) is 15.6. The maximum absolute atomic E-state index is 6.41. The molecule has 0 saturated heterocycles. The first-order valence-corrected chi connectivity index (χ1v) is 9.07. The van der Waals surface area contributed by atoms with Crippen molar-refractivity contribution in [1.29, 1.82) is 0 Å². The molecule has 0 saturated carbocycles. The van der Waals surface area contributed by atoms with Gasteiger partial charge in [0.15, 0.2) is 6.10 Å². The summed E-state index contributed by atoms with van der Waals surface area (Å²) < 4.78 is 1.98. The maximum Gasteiger partial charge on any atom is 0.152 e. The lowest BCUT2D eigenvalue weighted by Crippen LogP contribution is -2.18. The van der Waals surface area contributed by atoms with Gasteiger partial charge in [-0.25, -0.2) is 0 Å². The number of oxime groups is 1. The summed E-state index contributed by atoms with van der Waals surface area (Å²) in [6, 6.07) is 18.1. The van der Waals surface area contributed by atoms with Crippen LogP contribution in [0.3, 0.4) is 0 Å². The van der Waals surface area contributed by atoms with Gasteiger partial charge in [-0.3, -0.25) is 4.68 Å². The Kier molecular flexibility index (Phi) is 4.51. The third-order valence-electron chi connectivity index (χ3n) is 4.61. The van der Waals surface area contributed by atoms with E-state index in [0.717, 1.165) is 45.2 Å². The van der Waals surface area contributed by atoms with Crippen LogP contribution in [0.5, 0.6) is 0 Å². The molecule has 4 nitrogen and oxygen atoms in total. The molecule has 4 rings (SSSR count). The van der Waals surface area contributed by atoms with Crippen LogP contribution in [0, 0.1) is 13.8 Å². The highest BCUT2D eigenvalue weighted by atomic mass is 35.5. The van der Waals surface area contributed by atoms with Gasteiger partial charge in [-0.15, -0.1) is 0 Å². The number of aromatic nitrogens is 2. The van der Waals surface area contributed by atoms with E-state index in [-0.39, 0.29) is 6.10 Å². The van der Waals surface area contributed by atoms with E-state index in [4.69, 9.17) is 16.4 Å². The molecule has 0 radical (unpaired) electrons. The second-order valence-electron chi connectivity index (χ2n) is 6.60. The van der Waals surface area contributed by atoms with Crippen LogP contribution in [-0.2, 0) is 11.4 Å². The van der Waals surface area contributed by atoms with Crippen LogP contribution in [0.2, 0.25) is 5.02 Å². The number of aryl methyl sites for hydroxylation is 2. The lowest BCUT2D eigenvalue weighted by atomic mass is 9.94. The van der Waals surface area contributed by atoms with Crippen molar-refractivity contribution in [3.63, 3.8) is 0 Å². The highest BCUT2D eigenvalue weighted by Gasteiger charge is 2.25. The molecule has 1 atom stereocenters. The van der Waals surface area contributed by atoms with Crippen LogP contribution < -0.4 is 0 Å². The van der Waals surface area contributed by atoms with Crippen LogP contribution in [0.1, 0.15) is 23.4 Å². The third kappa shape index (κ3) is 3.25. The molecule has 0 bridgehead atoms. The fraction of sp³-hybridized carbons (Fsp3) is 0.238. The van der Waals surface area contributed by atoms with E-state index < -0.39 is 0 Å². The number of benzene rings is 2. The first kappa shape index (κ1) is 16.9. The Balaban J connectivity index is 1.58. The molecule has 1 aliphatic rings. The van der Waals surface area contributed by atoms with Crippen molar-refractivity contribution in [3.05, 3.63) is 76.6 Å². The molecule has 0 unspecified atom stereocenters. The van der Waals surface area contributed by atoms with Gasteiger partial charge in [0.1, 0.15) is 0 Å². The fourth-order valence-corrected chi connectivity index (χ4v) is 3.62. The second kappa shape index (κ2) is 6.96. The van der Waals surface area contributed by atoms with Crippen molar-refractivity contribution in [1.82, 2.24) is 9.78 Å². The monoisotopic (exact) mass is 365 g/mol. The van der Waals surface area contributed by atoms with Crippen molar-refractivity contribution in [2.75, 3.05) is 0 Å². The Hall–Kier alpha value is -2.59. The van der Waals surface area contributed by atoms with Gasteiger partial charge in [-0.2, -0.15) is 5.10 Å². The van der Waals surface area contributed by atoms with E-state index in [0.29, 0.717) is 6.54 Å². The number of hydrogen-bond acceptors (Lipinski definition) is 3. The van der Waals surface area contributed by atoms with Gasteiger partial charge in [-0.1, -0.05) is 59.2 Å². The summed E-state index contributed by atoms with van der Waals surface area (Å²) in [6.07, 6.45) is 0.738. The molecule has 26 heavy (non-hydrogen) atoms. The summed E-state index contributed by atoms with van der Waals surface area (Å²) in [6.45, 7) is 4.76. The van der Waals surface area contributed by atoms with Gasteiger partial charge < -0.3 is 4.84 Å². The van der Waals surface area contributed by atoms with Gasteiger partial charge in [0.05, 0.1) is 18.0 Å². The minimum atomic E-state index is -0.0118. The molecular weight excluding hydrogens is 346 g/mol. The first-order chi connectivity index (χ1) is 12.6.